The number of carboxylic acids is 1. The second-order valence-electron chi connectivity index (χ2n) is 6.04. The van der Waals surface area contributed by atoms with Gasteiger partial charge in [0, 0.05) is 12.0 Å². The van der Waals surface area contributed by atoms with E-state index in [0.717, 1.165) is 32.1 Å². The maximum absolute atomic E-state index is 12.3. The van der Waals surface area contributed by atoms with E-state index in [4.69, 9.17) is 5.11 Å². The first kappa shape index (κ1) is 12.4. The fourth-order valence-corrected chi connectivity index (χ4v) is 2.84. The molecule has 0 radical (unpaired) electrons. The Morgan fingerprint density at radius 1 is 1.29 bits per heavy atom. The summed E-state index contributed by atoms with van der Waals surface area (Å²) in [6.45, 7) is 4.02. The standard InChI is InChI=1S/C13H21NO3/c1-13(2)7-10(13)12(17)14(8-11(15)16)9-5-3-4-6-9/h9-10H,3-8H2,1-2H3,(H,15,16). The van der Waals surface area contributed by atoms with Gasteiger partial charge >= 0.3 is 5.97 Å². The molecule has 4 heteroatoms. The van der Waals surface area contributed by atoms with Crippen molar-refractivity contribution in [2.24, 2.45) is 11.3 Å². The molecular weight excluding hydrogens is 218 g/mol. The first-order valence-electron chi connectivity index (χ1n) is 6.44. The highest BCUT2D eigenvalue weighted by Crippen LogP contribution is 2.52. The Labute approximate surface area is 102 Å². The van der Waals surface area contributed by atoms with Crippen LogP contribution in [-0.2, 0) is 9.59 Å². The minimum absolute atomic E-state index is 0.0439. The molecule has 1 unspecified atom stereocenters. The van der Waals surface area contributed by atoms with Gasteiger partial charge in [-0.15, -0.1) is 0 Å². The SMILES string of the molecule is CC1(C)CC1C(=O)N(CC(=O)O)C1CCCC1. The van der Waals surface area contributed by atoms with Crippen LogP contribution in [0.5, 0.6) is 0 Å². The summed E-state index contributed by atoms with van der Waals surface area (Å²) >= 11 is 0. The summed E-state index contributed by atoms with van der Waals surface area (Å²) in [5, 5.41) is 8.93. The van der Waals surface area contributed by atoms with Gasteiger partial charge in [0.1, 0.15) is 6.54 Å². The number of hydrogen-bond donors (Lipinski definition) is 1. The molecule has 2 rings (SSSR count). The van der Waals surface area contributed by atoms with Crippen molar-refractivity contribution in [3.05, 3.63) is 0 Å². The molecule has 2 aliphatic rings. The average molecular weight is 239 g/mol. The number of carbonyl (C=O) groups excluding carboxylic acids is 1. The molecule has 0 spiro atoms. The number of rotatable bonds is 4. The third-order valence-corrected chi connectivity index (χ3v) is 4.17. The van der Waals surface area contributed by atoms with Crippen LogP contribution in [0.1, 0.15) is 46.0 Å². The molecule has 1 amide bonds. The highest BCUT2D eigenvalue weighted by molar-refractivity contribution is 5.86. The van der Waals surface area contributed by atoms with Crippen molar-refractivity contribution in [3.63, 3.8) is 0 Å². The molecule has 0 aromatic rings. The molecule has 96 valence electrons. The van der Waals surface area contributed by atoms with Gasteiger partial charge < -0.3 is 10.0 Å². The molecule has 4 nitrogen and oxygen atoms in total. The lowest BCUT2D eigenvalue weighted by molar-refractivity contribution is -0.147. The Morgan fingerprint density at radius 2 is 1.82 bits per heavy atom. The summed E-state index contributed by atoms with van der Waals surface area (Å²) in [7, 11) is 0. The van der Waals surface area contributed by atoms with E-state index in [0.29, 0.717) is 0 Å². The zero-order valence-corrected chi connectivity index (χ0v) is 10.6. The molecule has 0 heterocycles. The lowest BCUT2D eigenvalue weighted by Gasteiger charge is -2.28. The number of carbonyl (C=O) groups is 2. The molecule has 0 aromatic heterocycles. The lowest BCUT2D eigenvalue weighted by atomic mass is 10.1. The van der Waals surface area contributed by atoms with Gasteiger partial charge in [-0.1, -0.05) is 26.7 Å². The van der Waals surface area contributed by atoms with E-state index in [-0.39, 0.29) is 29.8 Å². The van der Waals surface area contributed by atoms with Crippen molar-refractivity contribution in [2.45, 2.75) is 52.0 Å². The van der Waals surface area contributed by atoms with E-state index in [1.54, 1.807) is 4.90 Å². The summed E-state index contributed by atoms with van der Waals surface area (Å²) in [5.41, 5.74) is 0.0758. The van der Waals surface area contributed by atoms with Crippen LogP contribution in [0, 0.1) is 11.3 Å². The summed E-state index contributed by atoms with van der Waals surface area (Å²) in [4.78, 5) is 24.8. The van der Waals surface area contributed by atoms with E-state index in [1.807, 2.05) is 0 Å². The quantitative estimate of drug-likeness (QED) is 0.815. The topological polar surface area (TPSA) is 57.6 Å². The third kappa shape index (κ3) is 2.61. The van der Waals surface area contributed by atoms with Crippen LogP contribution in [0.3, 0.4) is 0 Å². The molecule has 0 bridgehead atoms. The first-order valence-corrected chi connectivity index (χ1v) is 6.44. The Bertz CT molecular complexity index is 332. The molecule has 2 fully saturated rings. The number of carboxylic acid groups (broad SMARTS) is 1. The number of hydrogen-bond acceptors (Lipinski definition) is 2. The molecule has 1 atom stereocenters. The van der Waals surface area contributed by atoms with Gasteiger partial charge in [-0.25, -0.2) is 0 Å². The van der Waals surface area contributed by atoms with Gasteiger partial charge in [0.05, 0.1) is 0 Å². The van der Waals surface area contributed by atoms with Crippen LogP contribution in [0.15, 0.2) is 0 Å². The minimum Gasteiger partial charge on any atom is -0.480 e. The average Bonchev–Trinajstić information content (AvgIpc) is 2.68. The van der Waals surface area contributed by atoms with Crippen LogP contribution in [0.2, 0.25) is 0 Å². The Hall–Kier alpha value is -1.06. The predicted octanol–water partition coefficient (Wildman–Crippen LogP) is 1.89. The molecule has 0 aromatic carbocycles. The summed E-state index contributed by atoms with van der Waals surface area (Å²) in [6, 6.07) is 0.162. The number of nitrogens with zero attached hydrogens (tertiary/aromatic N) is 1. The Morgan fingerprint density at radius 3 is 2.24 bits per heavy atom. The maximum Gasteiger partial charge on any atom is 0.323 e. The molecule has 0 saturated heterocycles. The van der Waals surface area contributed by atoms with E-state index in [1.165, 1.54) is 0 Å². The monoisotopic (exact) mass is 239 g/mol. The van der Waals surface area contributed by atoms with Gasteiger partial charge in [0.2, 0.25) is 5.91 Å². The molecule has 17 heavy (non-hydrogen) atoms. The van der Waals surface area contributed by atoms with Crippen molar-refractivity contribution in [3.8, 4) is 0 Å². The van der Waals surface area contributed by atoms with Gasteiger partial charge in [0.25, 0.3) is 0 Å². The van der Waals surface area contributed by atoms with Gasteiger partial charge in [0.15, 0.2) is 0 Å². The normalized spacial score (nSPS) is 26.8. The largest absolute Gasteiger partial charge is 0.480 e. The van der Waals surface area contributed by atoms with E-state index < -0.39 is 5.97 Å². The van der Waals surface area contributed by atoms with Crippen LogP contribution in [0.25, 0.3) is 0 Å². The highest BCUT2D eigenvalue weighted by atomic mass is 16.4. The van der Waals surface area contributed by atoms with Crippen molar-refractivity contribution >= 4 is 11.9 Å². The first-order chi connectivity index (χ1) is 7.92. The lowest BCUT2D eigenvalue weighted by Crippen LogP contribution is -2.43. The molecule has 2 saturated carbocycles. The van der Waals surface area contributed by atoms with Crippen molar-refractivity contribution in [1.29, 1.82) is 0 Å². The van der Waals surface area contributed by atoms with Crippen LogP contribution < -0.4 is 0 Å². The molecular formula is C13H21NO3. The smallest absolute Gasteiger partial charge is 0.323 e. The molecule has 2 aliphatic carbocycles. The zero-order valence-electron chi connectivity index (χ0n) is 10.6. The summed E-state index contributed by atoms with van der Waals surface area (Å²) in [6.07, 6.45) is 5.05. The Kier molecular flexibility index (Phi) is 3.15. The van der Waals surface area contributed by atoms with Crippen LogP contribution in [0.4, 0.5) is 0 Å². The van der Waals surface area contributed by atoms with Crippen LogP contribution >= 0.6 is 0 Å². The fraction of sp³-hybridized carbons (Fsp3) is 0.846. The van der Waals surface area contributed by atoms with E-state index in [9.17, 15) is 9.59 Å². The highest BCUT2D eigenvalue weighted by Gasteiger charge is 2.52. The third-order valence-electron chi connectivity index (χ3n) is 4.17. The van der Waals surface area contributed by atoms with Crippen molar-refractivity contribution in [1.82, 2.24) is 4.90 Å². The maximum atomic E-state index is 12.3. The van der Waals surface area contributed by atoms with Gasteiger partial charge in [-0.2, -0.15) is 0 Å². The second-order valence-corrected chi connectivity index (χ2v) is 6.04. The summed E-state index contributed by atoms with van der Waals surface area (Å²) < 4.78 is 0. The predicted molar refractivity (Wildman–Crippen MR) is 63.5 cm³/mol. The minimum atomic E-state index is -0.899. The second kappa shape index (κ2) is 4.31. The summed E-state index contributed by atoms with van der Waals surface area (Å²) in [5.74, 6) is -0.796. The van der Waals surface area contributed by atoms with Crippen molar-refractivity contribution < 1.29 is 14.7 Å². The molecule has 0 aliphatic heterocycles. The van der Waals surface area contributed by atoms with Gasteiger partial charge in [-0.05, 0) is 24.7 Å². The van der Waals surface area contributed by atoms with Crippen molar-refractivity contribution in [2.75, 3.05) is 6.54 Å². The fourth-order valence-electron chi connectivity index (χ4n) is 2.84. The number of amides is 1. The number of aliphatic carboxylic acids is 1. The van der Waals surface area contributed by atoms with E-state index >= 15 is 0 Å². The van der Waals surface area contributed by atoms with Crippen LogP contribution in [-0.4, -0.2) is 34.5 Å². The molecule has 1 N–H and O–H groups in total. The Balaban J connectivity index is 2.04. The van der Waals surface area contributed by atoms with Gasteiger partial charge in [-0.3, -0.25) is 9.59 Å². The van der Waals surface area contributed by atoms with E-state index in [2.05, 4.69) is 13.8 Å². The zero-order chi connectivity index (χ0) is 12.6.